The number of hydrogen-bond acceptors (Lipinski definition) is 3. The zero-order valence-electron chi connectivity index (χ0n) is 12.7. The van der Waals surface area contributed by atoms with Crippen molar-refractivity contribution in [3.63, 3.8) is 0 Å². The van der Waals surface area contributed by atoms with Gasteiger partial charge in [-0.2, -0.15) is 0 Å². The molecule has 0 heterocycles. The van der Waals surface area contributed by atoms with Crippen molar-refractivity contribution in [2.45, 2.75) is 51.6 Å². The Bertz CT molecular complexity index is 535. The minimum Gasteiger partial charge on any atom is -0.443 e. The zero-order chi connectivity index (χ0) is 15.5. The van der Waals surface area contributed by atoms with Crippen molar-refractivity contribution in [1.29, 1.82) is 0 Å². The van der Waals surface area contributed by atoms with Gasteiger partial charge in [0.2, 0.25) is 5.91 Å². The number of aryl methyl sites for hydroxylation is 1. The first-order chi connectivity index (χ1) is 9.87. The van der Waals surface area contributed by atoms with Crippen molar-refractivity contribution >= 4 is 12.0 Å². The van der Waals surface area contributed by atoms with E-state index >= 15 is 0 Å². The van der Waals surface area contributed by atoms with Crippen LogP contribution in [0.15, 0.2) is 24.3 Å². The minimum absolute atomic E-state index is 0.201. The fourth-order valence-corrected chi connectivity index (χ4v) is 2.53. The van der Waals surface area contributed by atoms with Gasteiger partial charge in [-0.3, -0.25) is 10.2 Å². The molecule has 1 aromatic carbocycles. The van der Waals surface area contributed by atoms with Gasteiger partial charge >= 0.3 is 6.09 Å². The summed E-state index contributed by atoms with van der Waals surface area (Å²) >= 11 is 0. The summed E-state index contributed by atoms with van der Waals surface area (Å²) in [4.78, 5) is 23.8. The van der Waals surface area contributed by atoms with Crippen LogP contribution in [0.5, 0.6) is 0 Å². The van der Waals surface area contributed by atoms with Crippen molar-refractivity contribution in [1.82, 2.24) is 10.9 Å². The molecule has 0 bridgehead atoms. The predicted molar refractivity (Wildman–Crippen MR) is 79.6 cm³/mol. The van der Waals surface area contributed by atoms with Crippen LogP contribution < -0.4 is 10.9 Å². The monoisotopic (exact) mass is 290 g/mol. The van der Waals surface area contributed by atoms with Crippen molar-refractivity contribution in [2.24, 2.45) is 0 Å². The van der Waals surface area contributed by atoms with E-state index in [1.807, 2.05) is 18.2 Å². The third-order valence-electron chi connectivity index (χ3n) is 3.37. The fourth-order valence-electron chi connectivity index (χ4n) is 2.53. The number of fused-ring (bicyclic) bond motifs is 1. The summed E-state index contributed by atoms with van der Waals surface area (Å²) < 4.78 is 5.08. The molecule has 0 unspecified atom stereocenters. The summed E-state index contributed by atoms with van der Waals surface area (Å²) in [5.41, 5.74) is 6.43. The Kier molecular flexibility index (Phi) is 4.50. The van der Waals surface area contributed by atoms with Crippen LogP contribution in [0.1, 0.15) is 50.7 Å². The second kappa shape index (κ2) is 6.16. The first-order valence-electron chi connectivity index (χ1n) is 7.23. The van der Waals surface area contributed by atoms with Gasteiger partial charge in [0.1, 0.15) is 5.60 Å². The average molecular weight is 290 g/mol. The van der Waals surface area contributed by atoms with E-state index in [-0.39, 0.29) is 11.8 Å². The number of ether oxygens (including phenoxy) is 1. The standard InChI is InChI=1S/C16H22N2O3/c1-16(2,3)21-15(20)18-17-14(19)13-10-6-8-11-7-4-5-9-12(11)13/h4-5,7,9,13H,6,8,10H2,1-3H3,(H,17,19)(H,18,20)/t13-/m0/s1. The molecule has 2 rings (SSSR count). The summed E-state index contributed by atoms with van der Waals surface area (Å²) in [6, 6.07) is 7.95. The van der Waals surface area contributed by atoms with Crippen LogP contribution in [0.3, 0.4) is 0 Å². The molecule has 1 aromatic rings. The van der Waals surface area contributed by atoms with Gasteiger partial charge in [0.05, 0.1) is 5.92 Å². The highest BCUT2D eigenvalue weighted by Crippen LogP contribution is 2.31. The number of hydrogen-bond donors (Lipinski definition) is 2. The molecule has 0 saturated carbocycles. The molecule has 1 aliphatic carbocycles. The van der Waals surface area contributed by atoms with E-state index in [1.54, 1.807) is 20.8 Å². The fraction of sp³-hybridized carbons (Fsp3) is 0.500. The molecule has 2 amide bonds. The first kappa shape index (κ1) is 15.4. The molecule has 5 nitrogen and oxygen atoms in total. The Balaban J connectivity index is 1.95. The van der Waals surface area contributed by atoms with Crippen LogP contribution in [0.25, 0.3) is 0 Å². The number of carbonyl (C=O) groups excluding carboxylic acids is 2. The number of rotatable bonds is 1. The maximum atomic E-state index is 12.2. The highest BCUT2D eigenvalue weighted by atomic mass is 16.6. The van der Waals surface area contributed by atoms with E-state index in [1.165, 1.54) is 5.56 Å². The third kappa shape index (κ3) is 4.21. The van der Waals surface area contributed by atoms with Gasteiger partial charge in [-0.1, -0.05) is 24.3 Å². The summed E-state index contributed by atoms with van der Waals surface area (Å²) in [6.07, 6.45) is 2.11. The van der Waals surface area contributed by atoms with Gasteiger partial charge < -0.3 is 4.74 Å². The van der Waals surface area contributed by atoms with E-state index in [4.69, 9.17) is 4.74 Å². The molecule has 0 radical (unpaired) electrons. The van der Waals surface area contributed by atoms with Gasteiger partial charge in [0.25, 0.3) is 0 Å². The van der Waals surface area contributed by atoms with Gasteiger partial charge in [0, 0.05) is 0 Å². The number of nitrogens with one attached hydrogen (secondary N) is 2. The molecule has 0 fully saturated rings. The van der Waals surface area contributed by atoms with Crippen LogP contribution in [0.4, 0.5) is 4.79 Å². The molecular weight excluding hydrogens is 268 g/mol. The Hall–Kier alpha value is -2.04. The summed E-state index contributed by atoms with van der Waals surface area (Å²) in [5, 5.41) is 0. The number of carbonyl (C=O) groups is 2. The maximum Gasteiger partial charge on any atom is 0.426 e. The molecule has 0 aliphatic heterocycles. The molecule has 2 N–H and O–H groups in total. The zero-order valence-corrected chi connectivity index (χ0v) is 12.7. The van der Waals surface area contributed by atoms with E-state index in [0.717, 1.165) is 24.8 Å². The molecule has 114 valence electrons. The van der Waals surface area contributed by atoms with E-state index in [2.05, 4.69) is 16.9 Å². The molecule has 0 saturated heterocycles. The second-order valence-corrected chi connectivity index (χ2v) is 6.26. The Morgan fingerprint density at radius 1 is 1.19 bits per heavy atom. The van der Waals surface area contributed by atoms with E-state index in [9.17, 15) is 9.59 Å². The van der Waals surface area contributed by atoms with Crippen LogP contribution in [0.2, 0.25) is 0 Å². The smallest absolute Gasteiger partial charge is 0.426 e. The van der Waals surface area contributed by atoms with Gasteiger partial charge in [-0.15, -0.1) is 0 Å². The lowest BCUT2D eigenvalue weighted by Gasteiger charge is -2.25. The van der Waals surface area contributed by atoms with E-state index in [0.29, 0.717) is 0 Å². The lowest BCUT2D eigenvalue weighted by molar-refractivity contribution is -0.123. The van der Waals surface area contributed by atoms with Crippen molar-refractivity contribution in [3.05, 3.63) is 35.4 Å². The van der Waals surface area contributed by atoms with Gasteiger partial charge in [0.15, 0.2) is 0 Å². The van der Waals surface area contributed by atoms with Crippen LogP contribution in [-0.2, 0) is 16.0 Å². The van der Waals surface area contributed by atoms with Crippen LogP contribution >= 0.6 is 0 Å². The molecule has 5 heteroatoms. The lowest BCUT2D eigenvalue weighted by Crippen LogP contribution is -2.46. The maximum absolute atomic E-state index is 12.2. The molecule has 0 spiro atoms. The van der Waals surface area contributed by atoms with Crippen LogP contribution in [-0.4, -0.2) is 17.6 Å². The lowest BCUT2D eigenvalue weighted by atomic mass is 9.82. The Morgan fingerprint density at radius 3 is 2.62 bits per heavy atom. The third-order valence-corrected chi connectivity index (χ3v) is 3.37. The summed E-state index contributed by atoms with van der Waals surface area (Å²) in [6.45, 7) is 5.31. The SMILES string of the molecule is CC(C)(C)OC(=O)NNC(=O)[C@H]1CCCc2ccccc21. The summed E-state index contributed by atoms with van der Waals surface area (Å²) in [5.74, 6) is -0.419. The highest BCUT2D eigenvalue weighted by Gasteiger charge is 2.26. The topological polar surface area (TPSA) is 67.4 Å². The average Bonchev–Trinajstić information content (AvgIpc) is 2.42. The highest BCUT2D eigenvalue weighted by molar-refractivity contribution is 5.85. The molecule has 0 aromatic heterocycles. The normalized spacial score (nSPS) is 17.6. The largest absolute Gasteiger partial charge is 0.443 e. The Morgan fingerprint density at radius 2 is 1.90 bits per heavy atom. The quantitative estimate of drug-likeness (QED) is 0.781. The number of benzene rings is 1. The summed E-state index contributed by atoms with van der Waals surface area (Å²) in [7, 11) is 0. The molecule has 21 heavy (non-hydrogen) atoms. The number of amides is 2. The second-order valence-electron chi connectivity index (χ2n) is 6.26. The Labute approximate surface area is 125 Å². The minimum atomic E-state index is -0.653. The van der Waals surface area contributed by atoms with E-state index < -0.39 is 11.7 Å². The molecule has 1 aliphatic rings. The first-order valence-corrected chi connectivity index (χ1v) is 7.23. The van der Waals surface area contributed by atoms with Gasteiger partial charge in [-0.05, 0) is 51.2 Å². The number of hydrazine groups is 1. The van der Waals surface area contributed by atoms with Gasteiger partial charge in [-0.25, -0.2) is 10.2 Å². The van der Waals surface area contributed by atoms with Crippen molar-refractivity contribution in [3.8, 4) is 0 Å². The van der Waals surface area contributed by atoms with Crippen molar-refractivity contribution < 1.29 is 14.3 Å². The molecular formula is C16H22N2O3. The molecule has 1 atom stereocenters. The van der Waals surface area contributed by atoms with Crippen LogP contribution in [0, 0.1) is 0 Å². The van der Waals surface area contributed by atoms with Crippen molar-refractivity contribution in [2.75, 3.05) is 0 Å². The predicted octanol–water partition coefficient (Wildman–Crippen LogP) is 2.66.